The first kappa shape index (κ1) is 8.21. The molecule has 0 saturated carbocycles. The second kappa shape index (κ2) is 3.23. The number of piperidine rings is 3. The van der Waals surface area contributed by atoms with Crippen LogP contribution >= 0.6 is 0 Å². The number of nitrogens with one attached hydrogen (secondary N) is 2. The van der Waals surface area contributed by atoms with Crippen LogP contribution in [0.2, 0.25) is 0 Å². The maximum absolute atomic E-state index is 3.78. The minimum atomic E-state index is 0.769. The van der Waals surface area contributed by atoms with Crippen molar-refractivity contribution < 1.29 is 0 Å². The Bertz CT molecular complexity index is 183. The van der Waals surface area contributed by atoms with E-state index in [0.29, 0.717) is 0 Å². The molecule has 13 heavy (non-hydrogen) atoms. The summed E-state index contributed by atoms with van der Waals surface area (Å²) in [4.78, 5) is 2.61. The topological polar surface area (TPSA) is 27.3 Å². The van der Waals surface area contributed by atoms with Crippen molar-refractivity contribution in [3.63, 3.8) is 0 Å². The Morgan fingerprint density at radius 1 is 1.15 bits per heavy atom. The van der Waals surface area contributed by atoms with Crippen molar-refractivity contribution in [2.75, 3.05) is 32.7 Å². The summed E-state index contributed by atoms with van der Waals surface area (Å²) in [6, 6.07) is 1.57. The molecule has 0 radical (unpaired) electrons. The van der Waals surface area contributed by atoms with Gasteiger partial charge in [0.25, 0.3) is 0 Å². The number of hydrogen-bond donors (Lipinski definition) is 2. The van der Waals surface area contributed by atoms with Gasteiger partial charge >= 0.3 is 0 Å². The third kappa shape index (κ3) is 1.49. The summed E-state index contributed by atoms with van der Waals surface area (Å²) in [5.74, 6) is 0.977. The van der Waals surface area contributed by atoms with Gasteiger partial charge in [0.2, 0.25) is 0 Å². The monoisotopic (exact) mass is 181 g/mol. The quantitative estimate of drug-likeness (QED) is 0.609. The van der Waals surface area contributed by atoms with Crippen LogP contribution in [0.1, 0.15) is 12.8 Å². The van der Waals surface area contributed by atoms with Crippen LogP contribution in [-0.4, -0.2) is 49.7 Å². The molecule has 4 saturated heterocycles. The summed E-state index contributed by atoms with van der Waals surface area (Å²) in [5, 5.41) is 7.10. The maximum atomic E-state index is 3.78. The van der Waals surface area contributed by atoms with Crippen LogP contribution < -0.4 is 10.6 Å². The van der Waals surface area contributed by atoms with Gasteiger partial charge in [-0.1, -0.05) is 0 Å². The Labute approximate surface area is 79.9 Å². The molecule has 4 aliphatic heterocycles. The predicted molar refractivity (Wildman–Crippen MR) is 52.7 cm³/mol. The van der Waals surface area contributed by atoms with Gasteiger partial charge in [0.05, 0.1) is 0 Å². The molecule has 4 heterocycles. The lowest BCUT2D eigenvalue weighted by Gasteiger charge is -2.47. The fraction of sp³-hybridized carbons (Fsp3) is 1.00. The van der Waals surface area contributed by atoms with E-state index in [-0.39, 0.29) is 0 Å². The van der Waals surface area contributed by atoms with Crippen LogP contribution in [0.5, 0.6) is 0 Å². The van der Waals surface area contributed by atoms with E-state index in [2.05, 4.69) is 15.5 Å². The first-order valence-corrected chi connectivity index (χ1v) is 5.61. The smallest absolute Gasteiger partial charge is 0.0320 e. The highest BCUT2D eigenvalue weighted by Gasteiger charge is 2.35. The molecule has 2 N–H and O–H groups in total. The van der Waals surface area contributed by atoms with E-state index in [1.54, 1.807) is 0 Å². The molecule has 1 atom stereocenters. The number of nitrogens with zero attached hydrogens (tertiary/aromatic N) is 1. The van der Waals surface area contributed by atoms with Crippen molar-refractivity contribution in [1.82, 2.24) is 15.5 Å². The van der Waals surface area contributed by atoms with Crippen LogP contribution in [0.3, 0.4) is 0 Å². The van der Waals surface area contributed by atoms with Gasteiger partial charge < -0.3 is 15.5 Å². The fourth-order valence-corrected chi connectivity index (χ4v) is 2.86. The molecule has 0 aromatic carbocycles. The summed E-state index contributed by atoms with van der Waals surface area (Å²) >= 11 is 0. The summed E-state index contributed by atoms with van der Waals surface area (Å²) in [5.41, 5.74) is 0. The van der Waals surface area contributed by atoms with E-state index < -0.39 is 0 Å². The van der Waals surface area contributed by atoms with Gasteiger partial charge in [0.1, 0.15) is 0 Å². The second-order valence-electron chi connectivity index (χ2n) is 4.77. The van der Waals surface area contributed by atoms with Gasteiger partial charge in [-0.05, 0) is 31.8 Å². The molecular formula is C10H19N3. The Hall–Kier alpha value is -0.120. The van der Waals surface area contributed by atoms with E-state index in [4.69, 9.17) is 0 Å². The van der Waals surface area contributed by atoms with Gasteiger partial charge in [0.15, 0.2) is 0 Å². The molecule has 0 amide bonds. The number of fused-ring (bicyclic) bond motifs is 3. The zero-order valence-corrected chi connectivity index (χ0v) is 8.13. The van der Waals surface area contributed by atoms with Crippen molar-refractivity contribution in [1.29, 1.82) is 0 Å². The second-order valence-corrected chi connectivity index (χ2v) is 4.77. The molecule has 3 nitrogen and oxygen atoms in total. The molecule has 1 unspecified atom stereocenters. The summed E-state index contributed by atoms with van der Waals surface area (Å²) < 4.78 is 0. The van der Waals surface area contributed by atoms with E-state index in [1.807, 2.05) is 0 Å². The average molecular weight is 181 g/mol. The van der Waals surface area contributed by atoms with E-state index in [9.17, 15) is 0 Å². The molecule has 0 aliphatic carbocycles. The SMILES string of the molecule is C1NCC1NC1CN2CCC1CC2. The minimum absolute atomic E-state index is 0.769. The molecule has 4 aliphatic rings. The van der Waals surface area contributed by atoms with Gasteiger partial charge in [-0.15, -0.1) is 0 Å². The summed E-state index contributed by atoms with van der Waals surface area (Å²) in [6.07, 6.45) is 2.86. The minimum Gasteiger partial charge on any atom is -0.314 e. The van der Waals surface area contributed by atoms with Gasteiger partial charge in [-0.2, -0.15) is 0 Å². The highest BCUT2D eigenvalue weighted by molar-refractivity contribution is 4.94. The van der Waals surface area contributed by atoms with Gasteiger partial charge in [-0.3, -0.25) is 0 Å². The third-order valence-corrected chi connectivity index (χ3v) is 3.89. The lowest BCUT2D eigenvalue weighted by Crippen LogP contribution is -2.64. The standard InChI is InChI=1S/C10H19N3/c1-3-13-4-2-8(1)10(7-13)12-9-5-11-6-9/h8-12H,1-7H2. The number of rotatable bonds is 2. The van der Waals surface area contributed by atoms with Crippen molar-refractivity contribution in [2.24, 2.45) is 5.92 Å². The highest BCUT2D eigenvalue weighted by atomic mass is 15.2. The molecule has 0 aromatic rings. The molecule has 0 aromatic heterocycles. The van der Waals surface area contributed by atoms with E-state index in [0.717, 1.165) is 18.0 Å². The molecule has 0 spiro atoms. The normalized spacial score (nSPS) is 44.8. The van der Waals surface area contributed by atoms with Crippen LogP contribution in [0.25, 0.3) is 0 Å². The van der Waals surface area contributed by atoms with Crippen molar-refractivity contribution in [3.05, 3.63) is 0 Å². The van der Waals surface area contributed by atoms with E-state index in [1.165, 1.54) is 45.6 Å². The Morgan fingerprint density at radius 2 is 1.92 bits per heavy atom. The van der Waals surface area contributed by atoms with Crippen molar-refractivity contribution in [3.8, 4) is 0 Å². The van der Waals surface area contributed by atoms with Crippen molar-refractivity contribution in [2.45, 2.75) is 24.9 Å². The first-order chi connectivity index (χ1) is 6.42. The van der Waals surface area contributed by atoms with Gasteiger partial charge in [-0.25, -0.2) is 0 Å². The van der Waals surface area contributed by atoms with Gasteiger partial charge in [0, 0.05) is 31.7 Å². The van der Waals surface area contributed by atoms with Crippen LogP contribution in [-0.2, 0) is 0 Å². The summed E-state index contributed by atoms with van der Waals surface area (Å²) in [6.45, 7) is 6.38. The Morgan fingerprint density at radius 3 is 2.38 bits per heavy atom. The lowest BCUT2D eigenvalue weighted by molar-refractivity contribution is 0.0630. The molecule has 4 fully saturated rings. The van der Waals surface area contributed by atoms with Crippen LogP contribution in [0, 0.1) is 5.92 Å². The maximum Gasteiger partial charge on any atom is 0.0320 e. The molecule has 4 rings (SSSR count). The fourth-order valence-electron chi connectivity index (χ4n) is 2.86. The predicted octanol–water partition coefficient (Wildman–Crippen LogP) is -0.358. The third-order valence-electron chi connectivity index (χ3n) is 3.89. The van der Waals surface area contributed by atoms with E-state index >= 15 is 0 Å². The summed E-state index contributed by atoms with van der Waals surface area (Å²) in [7, 11) is 0. The molecule has 2 bridgehead atoms. The largest absolute Gasteiger partial charge is 0.314 e. The Kier molecular flexibility index (Phi) is 2.04. The zero-order chi connectivity index (χ0) is 8.67. The molecule has 74 valence electrons. The van der Waals surface area contributed by atoms with Crippen LogP contribution in [0.15, 0.2) is 0 Å². The zero-order valence-electron chi connectivity index (χ0n) is 8.13. The number of hydrogen-bond acceptors (Lipinski definition) is 3. The van der Waals surface area contributed by atoms with Crippen molar-refractivity contribution >= 4 is 0 Å². The van der Waals surface area contributed by atoms with Crippen LogP contribution in [0.4, 0.5) is 0 Å². The first-order valence-electron chi connectivity index (χ1n) is 5.61. The molecule has 3 heteroatoms. The molecular weight excluding hydrogens is 162 g/mol. The highest BCUT2D eigenvalue weighted by Crippen LogP contribution is 2.27. The lowest BCUT2D eigenvalue weighted by atomic mass is 9.83. The Balaban J connectivity index is 1.58. The average Bonchev–Trinajstić information content (AvgIpc) is 2.14.